The zero-order valence-corrected chi connectivity index (χ0v) is 25.0. The average Bonchev–Trinajstić information content (AvgIpc) is 3.65. The molecule has 43 heavy (non-hydrogen) atoms. The fraction of sp³-hybridized carbons (Fsp3) is 0.290. The number of aryl methyl sites for hydroxylation is 1. The number of methoxy groups -OCH3 is 1. The lowest BCUT2D eigenvalue weighted by molar-refractivity contribution is 0.174. The lowest BCUT2D eigenvalue weighted by atomic mass is 9.91. The van der Waals surface area contributed by atoms with Crippen molar-refractivity contribution in [3.63, 3.8) is 0 Å². The van der Waals surface area contributed by atoms with Crippen LogP contribution in [0.5, 0.6) is 17.2 Å². The second kappa shape index (κ2) is 10.2. The zero-order chi connectivity index (χ0) is 29.9. The summed E-state index contributed by atoms with van der Waals surface area (Å²) >= 11 is 0. The van der Waals surface area contributed by atoms with E-state index in [0.29, 0.717) is 35.3 Å². The van der Waals surface area contributed by atoms with Gasteiger partial charge in [-0.05, 0) is 50.2 Å². The number of nitrogens with zero attached hydrogens (tertiary/aromatic N) is 6. The van der Waals surface area contributed by atoms with Crippen LogP contribution in [0.4, 0.5) is 5.69 Å². The van der Waals surface area contributed by atoms with Gasteiger partial charge in [0.2, 0.25) is 6.79 Å². The van der Waals surface area contributed by atoms with Crippen molar-refractivity contribution in [1.82, 2.24) is 24.7 Å². The number of hydrogen-bond donors (Lipinski definition) is 0. The van der Waals surface area contributed by atoms with Gasteiger partial charge in [-0.2, -0.15) is 5.10 Å². The van der Waals surface area contributed by atoms with E-state index in [2.05, 4.69) is 16.8 Å². The van der Waals surface area contributed by atoms with Crippen molar-refractivity contribution in [2.24, 2.45) is 5.92 Å². The number of ether oxygens (including phenoxy) is 3. The highest BCUT2D eigenvalue weighted by Gasteiger charge is 2.38. The van der Waals surface area contributed by atoms with E-state index in [9.17, 15) is 8.42 Å². The van der Waals surface area contributed by atoms with E-state index in [1.54, 1.807) is 25.7 Å². The molecule has 11 nitrogen and oxygen atoms in total. The molecule has 0 amide bonds. The molecule has 0 aliphatic carbocycles. The molecule has 1 fully saturated rings. The first-order valence-corrected chi connectivity index (χ1v) is 15.9. The lowest BCUT2D eigenvalue weighted by Crippen LogP contribution is -2.57. The predicted molar refractivity (Wildman–Crippen MR) is 163 cm³/mol. The Hall–Kier alpha value is -4.71. The maximum atomic E-state index is 12.0. The van der Waals surface area contributed by atoms with Gasteiger partial charge in [0.15, 0.2) is 17.3 Å². The second-order valence-corrected chi connectivity index (χ2v) is 13.2. The fourth-order valence-electron chi connectivity index (χ4n) is 5.84. The van der Waals surface area contributed by atoms with Gasteiger partial charge in [0, 0.05) is 65.6 Å². The van der Waals surface area contributed by atoms with Gasteiger partial charge in [0.25, 0.3) is 0 Å². The number of aromatic nitrogens is 5. The highest BCUT2D eigenvalue weighted by Crippen LogP contribution is 2.39. The third-order valence-corrected chi connectivity index (χ3v) is 9.20. The normalized spacial score (nSPS) is 17.7. The molecule has 5 aromatic rings. The number of rotatable bonds is 7. The van der Waals surface area contributed by atoms with Crippen LogP contribution in [0.3, 0.4) is 0 Å². The zero-order valence-electron chi connectivity index (χ0n) is 24.2. The molecule has 1 saturated heterocycles. The van der Waals surface area contributed by atoms with E-state index in [0.717, 1.165) is 39.1 Å². The Labute approximate surface area is 249 Å². The van der Waals surface area contributed by atoms with Crippen LogP contribution >= 0.6 is 0 Å². The molecule has 2 atom stereocenters. The minimum Gasteiger partial charge on any atom is -0.496 e. The standard InChI is InChI=1S/C31H30N6O5S/c1-18-23-14-33-37(27(23)12-26(34-18)24-13-32-8-7-28(24)40-3)31-11-22(36-15-21(19(36)2)16-43(4,38)39)10-25(35-31)20-5-6-29-30(9-20)42-17-41-29/h5-14,19,21H,15-17H2,1-4H3/t19-,21-/m1/s1. The molecule has 0 unspecified atom stereocenters. The molecule has 1 aromatic carbocycles. The molecule has 2 aliphatic heterocycles. The summed E-state index contributed by atoms with van der Waals surface area (Å²) in [7, 11) is -1.46. The van der Waals surface area contributed by atoms with E-state index >= 15 is 0 Å². The predicted octanol–water partition coefficient (Wildman–Crippen LogP) is 4.46. The number of hydrogen-bond acceptors (Lipinski definition) is 10. The molecule has 0 spiro atoms. The van der Waals surface area contributed by atoms with Gasteiger partial charge in [0.05, 0.1) is 41.5 Å². The van der Waals surface area contributed by atoms with Crippen molar-refractivity contribution in [2.45, 2.75) is 19.9 Å². The van der Waals surface area contributed by atoms with Crippen LogP contribution in [-0.4, -0.2) is 71.6 Å². The van der Waals surface area contributed by atoms with Crippen molar-refractivity contribution in [3.05, 3.63) is 66.7 Å². The minimum atomic E-state index is -3.08. The number of sulfone groups is 1. The monoisotopic (exact) mass is 598 g/mol. The van der Waals surface area contributed by atoms with Crippen LogP contribution in [0.1, 0.15) is 12.6 Å². The van der Waals surface area contributed by atoms with Crippen LogP contribution in [0.25, 0.3) is 39.2 Å². The SMILES string of the molecule is COc1ccncc1-c1cc2c(cnn2-c2cc(N3C[C@H](CS(C)(=O)=O)[C@H]3C)cc(-c3ccc4c(c3)OCO4)n2)c(C)n1. The van der Waals surface area contributed by atoms with Crippen molar-refractivity contribution in [1.29, 1.82) is 0 Å². The number of pyridine rings is 3. The third kappa shape index (κ3) is 4.91. The van der Waals surface area contributed by atoms with E-state index < -0.39 is 9.84 Å². The Bertz CT molecular complexity index is 1990. The molecule has 4 aromatic heterocycles. The largest absolute Gasteiger partial charge is 0.496 e. The molecule has 6 heterocycles. The Morgan fingerprint density at radius 3 is 2.65 bits per heavy atom. The van der Waals surface area contributed by atoms with Crippen molar-refractivity contribution in [3.8, 4) is 45.6 Å². The summed E-state index contributed by atoms with van der Waals surface area (Å²) in [5.41, 5.74) is 5.66. The van der Waals surface area contributed by atoms with E-state index in [1.807, 2.05) is 54.1 Å². The fourth-order valence-corrected chi connectivity index (χ4v) is 7.00. The molecule has 2 aliphatic rings. The molecule has 0 saturated carbocycles. The van der Waals surface area contributed by atoms with Crippen LogP contribution in [0.2, 0.25) is 0 Å². The minimum absolute atomic E-state index is 0.0417. The van der Waals surface area contributed by atoms with Crippen molar-refractivity contribution >= 4 is 26.4 Å². The Kier molecular flexibility index (Phi) is 6.46. The van der Waals surface area contributed by atoms with Crippen LogP contribution < -0.4 is 19.1 Å². The van der Waals surface area contributed by atoms with E-state index in [4.69, 9.17) is 29.3 Å². The van der Waals surface area contributed by atoms with Crippen LogP contribution in [0.15, 0.2) is 61.1 Å². The summed E-state index contributed by atoms with van der Waals surface area (Å²) < 4.78 is 42.6. The van der Waals surface area contributed by atoms with Gasteiger partial charge >= 0.3 is 0 Å². The summed E-state index contributed by atoms with van der Waals surface area (Å²) in [6.45, 7) is 4.82. The smallest absolute Gasteiger partial charge is 0.231 e. The van der Waals surface area contributed by atoms with Gasteiger partial charge < -0.3 is 19.1 Å². The summed E-state index contributed by atoms with van der Waals surface area (Å²) in [4.78, 5) is 16.4. The van der Waals surface area contributed by atoms with Gasteiger partial charge in [-0.15, -0.1) is 0 Å². The average molecular weight is 599 g/mol. The third-order valence-electron chi connectivity index (χ3n) is 8.17. The maximum Gasteiger partial charge on any atom is 0.231 e. The van der Waals surface area contributed by atoms with E-state index in [-0.39, 0.29) is 24.5 Å². The summed E-state index contributed by atoms with van der Waals surface area (Å²) in [5.74, 6) is 2.87. The van der Waals surface area contributed by atoms with Gasteiger partial charge in [-0.25, -0.2) is 18.1 Å². The molecule has 7 rings (SSSR count). The van der Waals surface area contributed by atoms with Gasteiger partial charge in [0.1, 0.15) is 15.6 Å². The first kappa shape index (κ1) is 27.1. The van der Waals surface area contributed by atoms with Crippen molar-refractivity contribution in [2.75, 3.05) is 37.4 Å². The molecule has 0 N–H and O–H groups in total. The molecule has 12 heteroatoms. The van der Waals surface area contributed by atoms with Crippen LogP contribution in [0, 0.1) is 12.8 Å². The number of benzene rings is 1. The first-order valence-electron chi connectivity index (χ1n) is 13.9. The van der Waals surface area contributed by atoms with Crippen LogP contribution in [-0.2, 0) is 9.84 Å². The second-order valence-electron chi connectivity index (χ2n) is 11.0. The quantitative estimate of drug-likeness (QED) is 0.265. The summed E-state index contributed by atoms with van der Waals surface area (Å²) in [5, 5.41) is 5.65. The molecule has 0 radical (unpaired) electrons. The Morgan fingerprint density at radius 2 is 1.86 bits per heavy atom. The molecular formula is C31H30N6O5S. The number of anilines is 1. The Balaban J connectivity index is 1.36. The van der Waals surface area contributed by atoms with E-state index in [1.165, 1.54) is 6.26 Å². The van der Waals surface area contributed by atoms with Crippen molar-refractivity contribution < 1.29 is 22.6 Å². The lowest BCUT2D eigenvalue weighted by Gasteiger charge is -2.48. The summed E-state index contributed by atoms with van der Waals surface area (Å²) in [6, 6.07) is 13.6. The Morgan fingerprint density at radius 1 is 1.02 bits per heavy atom. The molecule has 0 bridgehead atoms. The van der Waals surface area contributed by atoms with Gasteiger partial charge in [-0.1, -0.05) is 0 Å². The summed E-state index contributed by atoms with van der Waals surface area (Å²) in [6.07, 6.45) is 6.51. The highest BCUT2D eigenvalue weighted by molar-refractivity contribution is 7.90. The van der Waals surface area contributed by atoms with Gasteiger partial charge in [-0.3, -0.25) is 9.97 Å². The topological polar surface area (TPSA) is 122 Å². The maximum absolute atomic E-state index is 12.0. The highest BCUT2D eigenvalue weighted by atomic mass is 32.2. The number of fused-ring (bicyclic) bond motifs is 2. The molecular weight excluding hydrogens is 568 g/mol. The first-order chi connectivity index (χ1) is 20.7. The molecule has 220 valence electrons.